The highest BCUT2D eigenvalue weighted by molar-refractivity contribution is 5.96. The van der Waals surface area contributed by atoms with E-state index >= 15 is 0 Å². The Morgan fingerprint density at radius 1 is 1.04 bits per heavy atom. The first kappa shape index (κ1) is 22.2. The van der Waals surface area contributed by atoms with Crippen LogP contribution in [-0.2, 0) is 15.6 Å². The molecule has 0 amide bonds. The minimum atomic E-state index is -0.243. The van der Waals surface area contributed by atoms with E-state index < -0.39 is 0 Å². The third-order valence-electron chi connectivity index (χ3n) is 4.26. The summed E-state index contributed by atoms with van der Waals surface area (Å²) in [5.74, 6) is 0.387. The van der Waals surface area contributed by atoms with Gasteiger partial charge in [-0.15, -0.1) is 0 Å². The van der Waals surface area contributed by atoms with Crippen LogP contribution in [0.5, 0.6) is 5.75 Å². The van der Waals surface area contributed by atoms with E-state index in [0.29, 0.717) is 24.3 Å². The molecular weight excluding hydrogens is 328 g/mol. The molecule has 2 N–H and O–H groups in total. The lowest BCUT2D eigenvalue weighted by atomic mass is 9.78. The standard InChI is InChI=1S/C22H34O4/c1-21(2,3)17-14-16(15-18(20(17)25)22(4,5)6)19(24)10-7-8-12-26-13-9-11-23/h9,13-15,23,25H,7-8,10-12H2,1-6H3. The molecule has 0 unspecified atom stereocenters. The van der Waals surface area contributed by atoms with E-state index in [1.165, 1.54) is 12.3 Å². The van der Waals surface area contributed by atoms with Crippen LogP contribution in [0.3, 0.4) is 0 Å². The van der Waals surface area contributed by atoms with Gasteiger partial charge in [-0.3, -0.25) is 4.79 Å². The number of aliphatic hydroxyl groups excluding tert-OH is 1. The van der Waals surface area contributed by atoms with Gasteiger partial charge in [-0.2, -0.15) is 0 Å². The molecule has 4 nitrogen and oxygen atoms in total. The Bertz CT molecular complexity index is 596. The molecule has 4 heteroatoms. The Kier molecular flexibility index (Phi) is 7.88. The predicted molar refractivity (Wildman–Crippen MR) is 106 cm³/mol. The van der Waals surface area contributed by atoms with Gasteiger partial charge in [0.2, 0.25) is 0 Å². The normalized spacial score (nSPS) is 12.6. The molecule has 1 aromatic carbocycles. The van der Waals surface area contributed by atoms with Crippen molar-refractivity contribution in [2.24, 2.45) is 0 Å². The molecule has 0 fully saturated rings. The number of ether oxygens (including phenoxy) is 1. The SMILES string of the molecule is CC(C)(C)c1cc(C(=O)CCCCOC=CCO)cc(C(C)(C)C)c1O. The van der Waals surface area contributed by atoms with Crippen molar-refractivity contribution in [1.82, 2.24) is 0 Å². The number of ketones is 1. The molecule has 0 spiro atoms. The van der Waals surface area contributed by atoms with Crippen LogP contribution in [0.2, 0.25) is 0 Å². The largest absolute Gasteiger partial charge is 0.507 e. The van der Waals surface area contributed by atoms with Crippen LogP contribution in [0, 0.1) is 0 Å². The maximum absolute atomic E-state index is 12.7. The van der Waals surface area contributed by atoms with Crippen molar-refractivity contribution in [2.75, 3.05) is 13.2 Å². The zero-order valence-corrected chi connectivity index (χ0v) is 17.1. The zero-order chi connectivity index (χ0) is 20.0. The van der Waals surface area contributed by atoms with E-state index in [-0.39, 0.29) is 23.2 Å². The maximum atomic E-state index is 12.7. The van der Waals surface area contributed by atoms with Crippen LogP contribution in [0.15, 0.2) is 24.5 Å². The zero-order valence-electron chi connectivity index (χ0n) is 17.1. The fraction of sp³-hybridized carbons (Fsp3) is 0.591. The smallest absolute Gasteiger partial charge is 0.162 e. The molecule has 0 saturated carbocycles. The average molecular weight is 363 g/mol. The molecule has 0 heterocycles. The maximum Gasteiger partial charge on any atom is 0.162 e. The van der Waals surface area contributed by atoms with Gasteiger partial charge in [0.05, 0.1) is 19.5 Å². The van der Waals surface area contributed by atoms with Crippen molar-refractivity contribution in [3.63, 3.8) is 0 Å². The molecule has 146 valence electrons. The van der Waals surface area contributed by atoms with E-state index in [4.69, 9.17) is 9.84 Å². The highest BCUT2D eigenvalue weighted by atomic mass is 16.5. The van der Waals surface area contributed by atoms with Crippen LogP contribution in [0.4, 0.5) is 0 Å². The molecule has 0 bridgehead atoms. The summed E-state index contributed by atoms with van der Waals surface area (Å²) in [6.45, 7) is 12.7. The molecule has 0 saturated heterocycles. The molecule has 0 aliphatic carbocycles. The van der Waals surface area contributed by atoms with Gasteiger partial charge < -0.3 is 14.9 Å². The topological polar surface area (TPSA) is 66.8 Å². The number of hydrogen-bond donors (Lipinski definition) is 2. The van der Waals surface area contributed by atoms with Gasteiger partial charge in [0.15, 0.2) is 5.78 Å². The second-order valence-electron chi connectivity index (χ2n) is 8.73. The molecule has 0 radical (unpaired) electrons. The number of hydrogen-bond acceptors (Lipinski definition) is 4. The molecular formula is C22H34O4. The number of rotatable bonds is 8. The van der Waals surface area contributed by atoms with E-state index in [1.807, 2.05) is 53.7 Å². The second-order valence-corrected chi connectivity index (χ2v) is 8.73. The first-order valence-corrected chi connectivity index (χ1v) is 9.27. The molecule has 0 aliphatic rings. The third-order valence-corrected chi connectivity index (χ3v) is 4.26. The fourth-order valence-corrected chi connectivity index (χ4v) is 2.73. The average Bonchev–Trinajstić information content (AvgIpc) is 2.51. The number of phenols is 1. The van der Waals surface area contributed by atoms with Gasteiger partial charge in [-0.1, -0.05) is 41.5 Å². The van der Waals surface area contributed by atoms with Crippen LogP contribution in [0.1, 0.15) is 82.3 Å². The van der Waals surface area contributed by atoms with Crippen LogP contribution >= 0.6 is 0 Å². The number of carbonyl (C=O) groups is 1. The van der Waals surface area contributed by atoms with Crippen LogP contribution < -0.4 is 0 Å². The lowest BCUT2D eigenvalue weighted by molar-refractivity contribution is 0.0976. The Hall–Kier alpha value is -1.81. The molecule has 1 rings (SSSR count). The minimum absolute atomic E-state index is 0.0362. The third kappa shape index (κ3) is 6.49. The highest BCUT2D eigenvalue weighted by Gasteiger charge is 2.27. The monoisotopic (exact) mass is 362 g/mol. The van der Waals surface area contributed by atoms with Crippen molar-refractivity contribution < 1.29 is 19.7 Å². The predicted octanol–water partition coefficient (Wildman–Crippen LogP) is 4.86. The summed E-state index contributed by atoms with van der Waals surface area (Å²) >= 11 is 0. The molecule has 0 atom stereocenters. The van der Waals surface area contributed by atoms with Crippen molar-refractivity contribution in [2.45, 2.75) is 71.6 Å². The van der Waals surface area contributed by atoms with E-state index in [2.05, 4.69) is 0 Å². The first-order valence-electron chi connectivity index (χ1n) is 9.27. The van der Waals surface area contributed by atoms with Crippen molar-refractivity contribution in [3.8, 4) is 5.75 Å². The number of benzene rings is 1. The summed E-state index contributed by atoms with van der Waals surface area (Å²) in [4.78, 5) is 12.7. The second kappa shape index (κ2) is 9.22. The Balaban J connectivity index is 2.91. The van der Waals surface area contributed by atoms with E-state index in [9.17, 15) is 9.90 Å². The van der Waals surface area contributed by atoms with E-state index in [0.717, 1.165) is 24.0 Å². The Morgan fingerprint density at radius 2 is 1.58 bits per heavy atom. The van der Waals surface area contributed by atoms with Gasteiger partial charge in [0.25, 0.3) is 0 Å². The molecule has 0 aromatic heterocycles. The van der Waals surface area contributed by atoms with Gasteiger partial charge in [0.1, 0.15) is 5.75 Å². The molecule has 0 aliphatic heterocycles. The summed E-state index contributed by atoms with van der Waals surface area (Å²) in [6, 6.07) is 3.68. The first-order chi connectivity index (χ1) is 12.0. The van der Waals surface area contributed by atoms with Crippen molar-refractivity contribution in [3.05, 3.63) is 41.2 Å². The summed E-state index contributed by atoms with van der Waals surface area (Å²) in [7, 11) is 0. The highest BCUT2D eigenvalue weighted by Crippen LogP contribution is 2.40. The minimum Gasteiger partial charge on any atom is -0.507 e. The fourth-order valence-electron chi connectivity index (χ4n) is 2.73. The van der Waals surface area contributed by atoms with Crippen LogP contribution in [0.25, 0.3) is 0 Å². The summed E-state index contributed by atoms with van der Waals surface area (Å²) in [6.07, 6.45) is 4.97. The Morgan fingerprint density at radius 3 is 2.04 bits per heavy atom. The van der Waals surface area contributed by atoms with Gasteiger partial charge in [0, 0.05) is 23.1 Å². The lowest BCUT2D eigenvalue weighted by Crippen LogP contribution is -2.19. The van der Waals surface area contributed by atoms with E-state index in [1.54, 1.807) is 0 Å². The number of aliphatic hydroxyl groups is 1. The number of Topliss-reactive ketones (excluding diaryl/α,β-unsaturated/α-hetero) is 1. The number of phenolic OH excluding ortho intramolecular Hbond substituents is 1. The summed E-state index contributed by atoms with van der Waals surface area (Å²) in [5.41, 5.74) is 1.80. The van der Waals surface area contributed by atoms with Crippen molar-refractivity contribution in [1.29, 1.82) is 0 Å². The number of unbranched alkanes of at least 4 members (excludes halogenated alkanes) is 1. The number of aromatic hydroxyl groups is 1. The quantitative estimate of drug-likeness (QED) is 0.394. The Labute approximate surface area is 157 Å². The molecule has 26 heavy (non-hydrogen) atoms. The summed E-state index contributed by atoms with van der Waals surface area (Å²) < 4.78 is 5.22. The van der Waals surface area contributed by atoms with Gasteiger partial charge >= 0.3 is 0 Å². The summed E-state index contributed by atoms with van der Waals surface area (Å²) in [5, 5.41) is 19.3. The number of carbonyl (C=O) groups excluding carboxylic acids is 1. The molecule has 1 aromatic rings. The van der Waals surface area contributed by atoms with Gasteiger partial charge in [-0.25, -0.2) is 0 Å². The van der Waals surface area contributed by atoms with Crippen molar-refractivity contribution >= 4 is 5.78 Å². The lowest BCUT2D eigenvalue weighted by Gasteiger charge is -2.28. The van der Waals surface area contributed by atoms with Crippen LogP contribution in [-0.4, -0.2) is 29.2 Å². The van der Waals surface area contributed by atoms with Gasteiger partial charge in [-0.05, 0) is 41.9 Å².